The van der Waals surface area contributed by atoms with Crippen LogP contribution in [0.4, 0.5) is 0 Å². The molecule has 1 atom stereocenters. The minimum atomic E-state index is 0.363. The Morgan fingerprint density at radius 1 is 1.27 bits per heavy atom. The molecule has 0 aliphatic heterocycles. The van der Waals surface area contributed by atoms with E-state index in [1.54, 1.807) is 0 Å². The lowest BCUT2D eigenvalue weighted by atomic mass is 10.0. The number of rotatable bonds is 9. The molecule has 0 fully saturated rings. The molecule has 122 valence electrons. The maximum Gasteiger partial charge on any atom is 0.188 e. The molecule has 22 heavy (non-hydrogen) atoms. The van der Waals surface area contributed by atoms with Crippen LogP contribution in [0.1, 0.15) is 26.3 Å². The highest BCUT2D eigenvalue weighted by Gasteiger charge is 2.16. The quantitative estimate of drug-likeness (QED) is 0.418. The predicted molar refractivity (Wildman–Crippen MR) is 96.2 cm³/mol. The van der Waals surface area contributed by atoms with E-state index >= 15 is 0 Å². The number of nitrogens with zero attached hydrogens (tertiary/aromatic N) is 2. The van der Waals surface area contributed by atoms with Gasteiger partial charge in [0, 0.05) is 12.6 Å². The van der Waals surface area contributed by atoms with E-state index in [-0.39, 0.29) is 0 Å². The van der Waals surface area contributed by atoms with E-state index in [1.165, 1.54) is 5.56 Å². The smallest absolute Gasteiger partial charge is 0.188 e. The van der Waals surface area contributed by atoms with Gasteiger partial charge in [0.25, 0.3) is 0 Å². The van der Waals surface area contributed by atoms with Gasteiger partial charge in [-0.3, -0.25) is 9.89 Å². The van der Waals surface area contributed by atoms with Crippen LogP contribution in [0.3, 0.4) is 0 Å². The first kappa shape index (κ1) is 18.2. The fraction of sp³-hybridized carbons (Fsp3) is 0.500. The van der Waals surface area contributed by atoms with Crippen LogP contribution in [-0.4, -0.2) is 43.1 Å². The fourth-order valence-electron chi connectivity index (χ4n) is 2.44. The van der Waals surface area contributed by atoms with Crippen LogP contribution in [0.15, 0.2) is 47.5 Å². The second-order valence-corrected chi connectivity index (χ2v) is 5.60. The number of nitrogens with two attached hydrogens (primary N) is 1. The molecule has 3 N–H and O–H groups in total. The SMILES string of the molecule is C=C(C)CNC(N)=NCC(Cc1ccccc1)N(CC)CC. The molecule has 0 amide bonds. The molecule has 0 heterocycles. The summed E-state index contributed by atoms with van der Waals surface area (Å²) in [5.41, 5.74) is 8.31. The first-order valence-corrected chi connectivity index (χ1v) is 8.02. The van der Waals surface area contributed by atoms with Crippen molar-refractivity contribution in [1.29, 1.82) is 0 Å². The minimum absolute atomic E-state index is 0.363. The predicted octanol–water partition coefficient (Wildman–Crippen LogP) is 2.42. The molecule has 1 rings (SSSR count). The third kappa shape index (κ3) is 6.76. The Balaban J connectivity index is 2.69. The molecule has 4 heteroatoms. The topological polar surface area (TPSA) is 53.6 Å². The normalized spacial score (nSPS) is 13.2. The zero-order chi connectivity index (χ0) is 16.4. The van der Waals surface area contributed by atoms with E-state index in [2.05, 4.69) is 59.9 Å². The summed E-state index contributed by atoms with van der Waals surface area (Å²) in [6.07, 6.45) is 0.986. The van der Waals surface area contributed by atoms with E-state index < -0.39 is 0 Å². The molecule has 1 unspecified atom stereocenters. The van der Waals surface area contributed by atoms with Crippen LogP contribution < -0.4 is 11.1 Å². The van der Waals surface area contributed by atoms with Crippen LogP contribution in [0.5, 0.6) is 0 Å². The van der Waals surface area contributed by atoms with Gasteiger partial charge < -0.3 is 11.1 Å². The highest BCUT2D eigenvalue weighted by Crippen LogP contribution is 2.09. The van der Waals surface area contributed by atoms with E-state index in [9.17, 15) is 0 Å². The van der Waals surface area contributed by atoms with Gasteiger partial charge in [-0.1, -0.05) is 56.3 Å². The summed E-state index contributed by atoms with van der Waals surface area (Å²) in [5, 5.41) is 3.09. The maximum absolute atomic E-state index is 5.93. The van der Waals surface area contributed by atoms with Gasteiger partial charge in [-0.2, -0.15) is 0 Å². The molecule has 0 bridgehead atoms. The summed E-state index contributed by atoms with van der Waals surface area (Å²) >= 11 is 0. The summed E-state index contributed by atoms with van der Waals surface area (Å²) < 4.78 is 0. The minimum Gasteiger partial charge on any atom is -0.370 e. The molecule has 0 aromatic heterocycles. The highest BCUT2D eigenvalue weighted by atomic mass is 15.2. The van der Waals surface area contributed by atoms with Crippen molar-refractivity contribution in [2.45, 2.75) is 33.2 Å². The van der Waals surface area contributed by atoms with Crippen LogP contribution in [0, 0.1) is 0 Å². The molecule has 1 aromatic rings. The summed E-state index contributed by atoms with van der Waals surface area (Å²) in [6.45, 7) is 13.6. The average Bonchev–Trinajstić information content (AvgIpc) is 2.52. The molecule has 0 saturated heterocycles. The third-order valence-corrected chi connectivity index (χ3v) is 3.69. The Morgan fingerprint density at radius 3 is 2.45 bits per heavy atom. The Bertz CT molecular complexity index is 463. The Kier molecular flexibility index (Phi) is 8.30. The molecule has 0 saturated carbocycles. The summed E-state index contributed by atoms with van der Waals surface area (Å²) in [6, 6.07) is 10.9. The number of guanidine groups is 1. The molecular weight excluding hydrogens is 272 g/mol. The van der Waals surface area contributed by atoms with Crippen LogP contribution in [0.2, 0.25) is 0 Å². The first-order chi connectivity index (χ1) is 10.6. The molecule has 0 aliphatic rings. The van der Waals surface area contributed by atoms with Gasteiger partial charge in [0.2, 0.25) is 0 Å². The fourth-order valence-corrected chi connectivity index (χ4v) is 2.44. The molecule has 4 nitrogen and oxygen atoms in total. The van der Waals surface area contributed by atoms with E-state index in [0.29, 0.717) is 25.1 Å². The van der Waals surface area contributed by atoms with Crippen molar-refractivity contribution in [3.8, 4) is 0 Å². The van der Waals surface area contributed by atoms with Crippen molar-refractivity contribution in [3.63, 3.8) is 0 Å². The van der Waals surface area contributed by atoms with Crippen molar-refractivity contribution in [1.82, 2.24) is 10.2 Å². The van der Waals surface area contributed by atoms with Crippen LogP contribution in [0.25, 0.3) is 0 Å². The number of nitrogens with one attached hydrogen (secondary N) is 1. The van der Waals surface area contributed by atoms with Gasteiger partial charge in [-0.15, -0.1) is 0 Å². The van der Waals surface area contributed by atoms with Crippen LogP contribution in [-0.2, 0) is 6.42 Å². The van der Waals surface area contributed by atoms with E-state index in [4.69, 9.17) is 5.73 Å². The summed E-state index contributed by atoms with van der Waals surface area (Å²) in [4.78, 5) is 6.94. The lowest BCUT2D eigenvalue weighted by molar-refractivity contribution is 0.220. The Morgan fingerprint density at radius 2 is 1.91 bits per heavy atom. The molecule has 1 aromatic carbocycles. The highest BCUT2D eigenvalue weighted by molar-refractivity contribution is 5.78. The lowest BCUT2D eigenvalue weighted by Gasteiger charge is -2.28. The average molecular weight is 302 g/mol. The van der Waals surface area contributed by atoms with Gasteiger partial charge >= 0.3 is 0 Å². The zero-order valence-corrected chi connectivity index (χ0v) is 14.2. The number of hydrogen-bond acceptors (Lipinski definition) is 2. The van der Waals surface area contributed by atoms with Crippen molar-refractivity contribution >= 4 is 5.96 Å². The Labute approximate surface area is 135 Å². The zero-order valence-electron chi connectivity index (χ0n) is 14.2. The van der Waals surface area contributed by atoms with Crippen LogP contribution >= 0.6 is 0 Å². The monoisotopic (exact) mass is 302 g/mol. The molecule has 0 aliphatic carbocycles. The summed E-state index contributed by atoms with van der Waals surface area (Å²) in [7, 11) is 0. The molecule has 0 radical (unpaired) electrons. The second kappa shape index (κ2) is 10.0. The first-order valence-electron chi connectivity index (χ1n) is 8.02. The molecule has 0 spiro atoms. The second-order valence-electron chi connectivity index (χ2n) is 5.60. The number of hydrogen-bond donors (Lipinski definition) is 2. The van der Waals surface area contributed by atoms with Crippen molar-refractivity contribution in [3.05, 3.63) is 48.0 Å². The van der Waals surface area contributed by atoms with Gasteiger partial charge in [-0.25, -0.2) is 0 Å². The van der Waals surface area contributed by atoms with Gasteiger partial charge in [0.05, 0.1) is 6.54 Å². The number of benzene rings is 1. The molecular formula is C18H30N4. The summed E-state index contributed by atoms with van der Waals surface area (Å²) in [5.74, 6) is 0.494. The standard InChI is InChI=1S/C18H30N4/c1-5-22(6-2)17(12-16-10-8-7-9-11-16)14-21-18(19)20-13-15(3)4/h7-11,17H,3,5-6,12-14H2,1-2,4H3,(H3,19,20,21). The maximum atomic E-state index is 5.93. The van der Waals surface area contributed by atoms with E-state index in [0.717, 1.165) is 25.1 Å². The van der Waals surface area contributed by atoms with Crippen molar-refractivity contribution in [2.24, 2.45) is 10.7 Å². The van der Waals surface area contributed by atoms with Gasteiger partial charge in [0.1, 0.15) is 0 Å². The largest absolute Gasteiger partial charge is 0.370 e. The third-order valence-electron chi connectivity index (χ3n) is 3.69. The van der Waals surface area contributed by atoms with Gasteiger partial charge in [0.15, 0.2) is 5.96 Å². The van der Waals surface area contributed by atoms with Gasteiger partial charge in [-0.05, 0) is 32.0 Å². The number of likely N-dealkylation sites (N-methyl/N-ethyl adjacent to an activating group) is 1. The lowest BCUT2D eigenvalue weighted by Crippen LogP contribution is -2.40. The van der Waals surface area contributed by atoms with Crippen molar-refractivity contribution < 1.29 is 0 Å². The van der Waals surface area contributed by atoms with Crippen molar-refractivity contribution in [2.75, 3.05) is 26.2 Å². The Hall–Kier alpha value is -1.81. The van der Waals surface area contributed by atoms with E-state index in [1.807, 2.05) is 13.0 Å². The number of aliphatic imine (C=N–C) groups is 1.